The number of Topliss-reactive ketones (excluding diaryl/α,β-unsaturated/α-hetero) is 1. The molecule has 0 aromatic heterocycles. The number of rotatable bonds is 6. The maximum atomic E-state index is 12.1. The Balaban J connectivity index is 0.00000220. The van der Waals surface area contributed by atoms with E-state index in [1.807, 2.05) is 0 Å². The number of benzene rings is 1. The number of carbonyl (C=O) groups excluding carboxylic acids is 1. The lowest BCUT2D eigenvalue weighted by molar-refractivity contribution is -1.01. The normalized spacial score (nSPS) is 20.6. The van der Waals surface area contributed by atoms with Crippen molar-refractivity contribution in [2.24, 2.45) is 0 Å². The number of ketones is 1. The SMILES string of the molecule is O=C(CC[NH+]1CC[NH+](CCO)CC1)c1ccccc1O.[Cl-].[Cl-]. The van der Waals surface area contributed by atoms with Gasteiger partial charge in [0.05, 0.1) is 25.1 Å². The highest BCUT2D eigenvalue weighted by Crippen LogP contribution is 2.16. The molecule has 0 radical (unpaired) electrons. The highest BCUT2D eigenvalue weighted by molar-refractivity contribution is 5.98. The second kappa shape index (κ2) is 10.8. The summed E-state index contributed by atoms with van der Waals surface area (Å²) in [6.45, 7) is 6.09. The quantitative estimate of drug-likeness (QED) is 0.385. The first-order valence-electron chi connectivity index (χ1n) is 7.30. The monoisotopic (exact) mass is 350 g/mol. The highest BCUT2D eigenvalue weighted by atomic mass is 35.5. The lowest BCUT2D eigenvalue weighted by atomic mass is 10.1. The number of nitrogens with one attached hydrogen (secondary N) is 2. The molecule has 0 amide bonds. The van der Waals surface area contributed by atoms with E-state index in [4.69, 9.17) is 5.11 Å². The molecule has 0 aliphatic carbocycles. The van der Waals surface area contributed by atoms with Crippen LogP contribution in [0.25, 0.3) is 0 Å². The Hall–Kier alpha value is -0.850. The zero-order valence-electron chi connectivity index (χ0n) is 12.5. The fraction of sp³-hybridized carbons (Fsp3) is 0.533. The van der Waals surface area contributed by atoms with Crippen molar-refractivity contribution in [2.75, 3.05) is 45.9 Å². The molecule has 4 N–H and O–H groups in total. The molecule has 0 saturated carbocycles. The maximum absolute atomic E-state index is 12.1. The second-order valence-electron chi connectivity index (χ2n) is 5.41. The van der Waals surface area contributed by atoms with Crippen molar-refractivity contribution in [3.05, 3.63) is 29.8 Å². The summed E-state index contributed by atoms with van der Waals surface area (Å²) in [6, 6.07) is 6.73. The average Bonchev–Trinajstić information content (AvgIpc) is 2.47. The maximum Gasteiger partial charge on any atom is 0.172 e. The molecular weight excluding hydrogens is 327 g/mol. The summed E-state index contributed by atoms with van der Waals surface area (Å²) in [6.07, 6.45) is 0.474. The molecule has 1 saturated heterocycles. The van der Waals surface area contributed by atoms with Crippen LogP contribution in [0.15, 0.2) is 24.3 Å². The Labute approximate surface area is 143 Å². The fourth-order valence-electron chi connectivity index (χ4n) is 2.75. The third kappa shape index (κ3) is 6.10. The smallest absolute Gasteiger partial charge is 0.172 e. The van der Waals surface area contributed by atoms with E-state index in [0.717, 1.165) is 39.3 Å². The zero-order chi connectivity index (χ0) is 14.4. The number of carbonyl (C=O) groups is 1. The zero-order valence-corrected chi connectivity index (χ0v) is 14.0. The standard InChI is InChI=1S/C15H22N2O3.2ClH/c18-12-11-17-9-7-16(8-10-17)6-5-15(20)13-3-1-2-4-14(13)19;;/h1-4,18-19H,5-12H2;2*1H. The summed E-state index contributed by atoms with van der Waals surface area (Å²) in [7, 11) is 0. The van der Waals surface area contributed by atoms with E-state index in [1.54, 1.807) is 24.3 Å². The minimum absolute atomic E-state index is 0. The molecule has 22 heavy (non-hydrogen) atoms. The van der Waals surface area contributed by atoms with Crippen molar-refractivity contribution in [3.63, 3.8) is 0 Å². The summed E-state index contributed by atoms with van der Waals surface area (Å²) in [5.74, 6) is 0.0884. The van der Waals surface area contributed by atoms with Crippen LogP contribution in [0.5, 0.6) is 5.75 Å². The number of phenols is 1. The molecule has 1 aromatic rings. The van der Waals surface area contributed by atoms with Gasteiger partial charge < -0.3 is 44.8 Å². The molecule has 5 nitrogen and oxygen atoms in total. The molecule has 1 aliphatic heterocycles. The second-order valence-corrected chi connectivity index (χ2v) is 5.41. The number of piperazine rings is 1. The Morgan fingerprint density at radius 2 is 1.55 bits per heavy atom. The number of halogens is 2. The van der Waals surface area contributed by atoms with Gasteiger partial charge in [-0.3, -0.25) is 4.79 Å². The lowest BCUT2D eigenvalue weighted by Gasteiger charge is -2.29. The first kappa shape index (κ1) is 21.1. The number of aliphatic hydroxyl groups is 1. The number of aliphatic hydroxyl groups excluding tert-OH is 1. The van der Waals surface area contributed by atoms with Crippen LogP contribution >= 0.6 is 0 Å². The third-order valence-corrected chi connectivity index (χ3v) is 4.04. The minimum Gasteiger partial charge on any atom is -1.00 e. The van der Waals surface area contributed by atoms with Crippen molar-refractivity contribution >= 4 is 5.78 Å². The van der Waals surface area contributed by atoms with E-state index in [9.17, 15) is 9.90 Å². The van der Waals surface area contributed by atoms with Crippen LogP contribution in [-0.2, 0) is 0 Å². The van der Waals surface area contributed by atoms with Gasteiger partial charge in [0.2, 0.25) is 0 Å². The van der Waals surface area contributed by atoms with Gasteiger partial charge in [0, 0.05) is 0 Å². The predicted molar refractivity (Wildman–Crippen MR) is 75.3 cm³/mol. The van der Waals surface area contributed by atoms with E-state index in [2.05, 4.69) is 0 Å². The van der Waals surface area contributed by atoms with Gasteiger partial charge in [-0.15, -0.1) is 0 Å². The third-order valence-electron chi connectivity index (χ3n) is 4.04. The lowest BCUT2D eigenvalue weighted by Crippen LogP contribution is -3.28. The van der Waals surface area contributed by atoms with Crippen LogP contribution in [0, 0.1) is 0 Å². The predicted octanol–water partition coefficient (Wildman–Crippen LogP) is -8.25. The van der Waals surface area contributed by atoms with Crippen LogP contribution in [0.4, 0.5) is 0 Å². The van der Waals surface area contributed by atoms with Crippen LogP contribution in [0.3, 0.4) is 0 Å². The van der Waals surface area contributed by atoms with Crippen LogP contribution in [-0.4, -0.2) is 61.9 Å². The molecule has 126 valence electrons. The van der Waals surface area contributed by atoms with Gasteiger partial charge in [-0.05, 0) is 12.1 Å². The molecule has 0 bridgehead atoms. The number of hydrogen-bond acceptors (Lipinski definition) is 3. The van der Waals surface area contributed by atoms with Crippen LogP contribution in [0.1, 0.15) is 16.8 Å². The van der Waals surface area contributed by atoms with Crippen molar-refractivity contribution in [1.29, 1.82) is 0 Å². The molecular formula is C15H24Cl2N2O3. The van der Waals surface area contributed by atoms with E-state index in [-0.39, 0.29) is 43.0 Å². The van der Waals surface area contributed by atoms with Crippen molar-refractivity contribution in [1.82, 2.24) is 0 Å². The minimum atomic E-state index is 0. The van der Waals surface area contributed by atoms with Gasteiger partial charge in [0.25, 0.3) is 0 Å². The molecule has 1 aliphatic rings. The van der Waals surface area contributed by atoms with Crippen molar-refractivity contribution < 1.29 is 49.6 Å². The van der Waals surface area contributed by atoms with Crippen LogP contribution < -0.4 is 34.6 Å². The molecule has 0 unspecified atom stereocenters. The molecule has 1 fully saturated rings. The van der Waals surface area contributed by atoms with Gasteiger partial charge in [-0.25, -0.2) is 0 Å². The first-order valence-corrected chi connectivity index (χ1v) is 7.30. The fourth-order valence-corrected chi connectivity index (χ4v) is 2.75. The van der Waals surface area contributed by atoms with E-state index >= 15 is 0 Å². The van der Waals surface area contributed by atoms with Gasteiger partial charge in [-0.1, -0.05) is 12.1 Å². The molecule has 0 atom stereocenters. The van der Waals surface area contributed by atoms with Gasteiger partial charge in [0.15, 0.2) is 5.78 Å². The number of hydrogen-bond donors (Lipinski definition) is 4. The molecule has 1 heterocycles. The number of phenolic OH excluding ortho intramolecular Hbond substituents is 1. The Morgan fingerprint density at radius 3 is 2.09 bits per heavy atom. The van der Waals surface area contributed by atoms with E-state index < -0.39 is 0 Å². The summed E-state index contributed by atoms with van der Waals surface area (Å²) < 4.78 is 0. The molecule has 1 aromatic carbocycles. The Bertz CT molecular complexity index is 452. The highest BCUT2D eigenvalue weighted by Gasteiger charge is 2.23. The first-order chi connectivity index (χ1) is 9.70. The average molecular weight is 351 g/mol. The summed E-state index contributed by atoms with van der Waals surface area (Å²) in [5, 5.41) is 18.6. The van der Waals surface area contributed by atoms with E-state index in [1.165, 1.54) is 9.80 Å². The van der Waals surface area contributed by atoms with Crippen molar-refractivity contribution in [2.45, 2.75) is 6.42 Å². The number of quaternary nitrogens is 2. The Kier molecular flexibility index (Phi) is 10.4. The van der Waals surface area contributed by atoms with E-state index in [0.29, 0.717) is 12.0 Å². The molecule has 0 spiro atoms. The summed E-state index contributed by atoms with van der Waals surface area (Å²) in [4.78, 5) is 15.0. The van der Waals surface area contributed by atoms with Crippen LogP contribution in [0.2, 0.25) is 0 Å². The number of aromatic hydroxyl groups is 1. The number of para-hydroxylation sites is 1. The molecule has 2 rings (SSSR count). The topological polar surface area (TPSA) is 66.4 Å². The van der Waals surface area contributed by atoms with Gasteiger partial charge in [-0.2, -0.15) is 0 Å². The van der Waals surface area contributed by atoms with Crippen molar-refractivity contribution in [3.8, 4) is 5.75 Å². The Morgan fingerprint density at radius 1 is 1.00 bits per heavy atom. The van der Waals surface area contributed by atoms with Gasteiger partial charge >= 0.3 is 0 Å². The summed E-state index contributed by atoms with van der Waals surface area (Å²) in [5.41, 5.74) is 0.427. The largest absolute Gasteiger partial charge is 1.00 e. The molecule has 7 heteroatoms. The summed E-state index contributed by atoms with van der Waals surface area (Å²) >= 11 is 0. The van der Waals surface area contributed by atoms with Gasteiger partial charge in [0.1, 0.15) is 38.5 Å².